The Kier molecular flexibility index (Phi) is 7.69. The van der Waals surface area contributed by atoms with E-state index in [-0.39, 0.29) is 18.4 Å². The maximum Gasteiger partial charge on any atom is 0.326 e. The van der Waals surface area contributed by atoms with Crippen LogP contribution in [-0.4, -0.2) is 48.5 Å². The highest BCUT2D eigenvalue weighted by molar-refractivity contribution is 9.10. The lowest BCUT2D eigenvalue weighted by atomic mass is 10.2. The van der Waals surface area contributed by atoms with Crippen molar-refractivity contribution in [3.63, 3.8) is 0 Å². The van der Waals surface area contributed by atoms with Gasteiger partial charge >= 0.3 is 5.97 Å². The maximum absolute atomic E-state index is 12.6. The van der Waals surface area contributed by atoms with Gasteiger partial charge in [0.05, 0.1) is 30.2 Å². The monoisotopic (exact) mass is 473 g/mol. The smallest absolute Gasteiger partial charge is 0.326 e. The molecule has 0 N–H and O–H groups in total. The van der Waals surface area contributed by atoms with E-state index >= 15 is 0 Å². The molecule has 146 valence electrons. The zero-order chi connectivity index (χ0) is 20.1. The summed E-state index contributed by atoms with van der Waals surface area (Å²) in [4.78, 5) is 26.2. The summed E-state index contributed by atoms with van der Waals surface area (Å²) in [6.07, 6.45) is 1.70. The highest BCUT2D eigenvalue weighted by Gasteiger charge is 2.34. The predicted molar refractivity (Wildman–Crippen MR) is 113 cm³/mol. The van der Waals surface area contributed by atoms with Crippen LogP contribution in [0.1, 0.15) is 19.4 Å². The molecule has 1 fully saturated rings. The van der Waals surface area contributed by atoms with Crippen molar-refractivity contribution in [2.75, 3.05) is 27.4 Å². The van der Waals surface area contributed by atoms with Crippen LogP contribution in [0, 0.1) is 5.92 Å². The van der Waals surface area contributed by atoms with Crippen molar-refractivity contribution in [3.8, 4) is 11.5 Å². The first-order chi connectivity index (χ1) is 12.8. The van der Waals surface area contributed by atoms with Crippen LogP contribution in [0.25, 0.3) is 6.08 Å². The van der Waals surface area contributed by atoms with Crippen molar-refractivity contribution in [1.82, 2.24) is 4.90 Å². The van der Waals surface area contributed by atoms with E-state index in [4.69, 9.17) is 26.4 Å². The maximum atomic E-state index is 12.6. The lowest BCUT2D eigenvalue weighted by Crippen LogP contribution is -2.34. The van der Waals surface area contributed by atoms with Crippen LogP contribution >= 0.6 is 39.9 Å². The standard InChI is InChI=1S/C18H20BrNO5S2/c1-10(2)9-25-15(21)8-20-17(22)14(27-18(20)26)7-11-5-12(19)16(24-4)13(6-11)23-3/h5-7,10H,8-9H2,1-4H3/b14-7-. The number of carbonyl (C=O) groups excluding carboxylic acids is 2. The van der Waals surface area contributed by atoms with Gasteiger partial charge in [0.15, 0.2) is 11.5 Å². The number of hydrogen-bond donors (Lipinski definition) is 0. The van der Waals surface area contributed by atoms with Gasteiger partial charge in [-0.05, 0) is 45.6 Å². The SMILES string of the molecule is COc1cc(/C=C2\SC(=S)N(CC(=O)OCC(C)C)C2=O)cc(Br)c1OC. The molecular weight excluding hydrogens is 454 g/mol. The highest BCUT2D eigenvalue weighted by Crippen LogP contribution is 2.38. The third kappa shape index (κ3) is 5.46. The number of halogens is 1. The minimum absolute atomic E-state index is 0.190. The Bertz CT molecular complexity index is 794. The van der Waals surface area contributed by atoms with Crippen LogP contribution in [0.3, 0.4) is 0 Å². The largest absolute Gasteiger partial charge is 0.493 e. The van der Waals surface area contributed by atoms with Gasteiger partial charge in [-0.2, -0.15) is 0 Å². The molecule has 27 heavy (non-hydrogen) atoms. The molecule has 6 nitrogen and oxygen atoms in total. The third-order valence-corrected chi connectivity index (χ3v) is 5.46. The zero-order valence-electron chi connectivity index (χ0n) is 15.4. The van der Waals surface area contributed by atoms with Crippen LogP contribution in [0.2, 0.25) is 0 Å². The van der Waals surface area contributed by atoms with Gasteiger partial charge in [0, 0.05) is 0 Å². The number of hydrogen-bond acceptors (Lipinski definition) is 7. The summed E-state index contributed by atoms with van der Waals surface area (Å²) in [6, 6.07) is 3.57. The lowest BCUT2D eigenvalue weighted by molar-refractivity contribution is -0.147. The molecule has 0 saturated carbocycles. The van der Waals surface area contributed by atoms with E-state index in [0.717, 1.165) is 17.3 Å². The second kappa shape index (κ2) is 9.57. The van der Waals surface area contributed by atoms with Gasteiger partial charge in [-0.15, -0.1) is 0 Å². The first kappa shape index (κ1) is 21.7. The molecule has 0 radical (unpaired) electrons. The van der Waals surface area contributed by atoms with E-state index in [0.29, 0.717) is 31.8 Å². The molecule has 0 unspecified atom stereocenters. The number of amides is 1. The zero-order valence-corrected chi connectivity index (χ0v) is 18.6. The van der Waals surface area contributed by atoms with Crippen LogP contribution < -0.4 is 9.47 Å². The number of methoxy groups -OCH3 is 2. The number of esters is 1. The second-order valence-electron chi connectivity index (χ2n) is 6.08. The third-order valence-electron chi connectivity index (χ3n) is 3.49. The Labute approximate surface area is 176 Å². The van der Waals surface area contributed by atoms with Gasteiger partial charge in [-0.3, -0.25) is 14.5 Å². The number of rotatable bonds is 7. The Morgan fingerprint density at radius 2 is 2.04 bits per heavy atom. The molecule has 1 aromatic carbocycles. The first-order valence-corrected chi connectivity index (χ1v) is 10.1. The van der Waals surface area contributed by atoms with E-state index in [9.17, 15) is 9.59 Å². The Morgan fingerprint density at radius 3 is 2.63 bits per heavy atom. The minimum atomic E-state index is -0.477. The van der Waals surface area contributed by atoms with Gasteiger partial charge in [-0.25, -0.2) is 0 Å². The first-order valence-electron chi connectivity index (χ1n) is 8.09. The Morgan fingerprint density at radius 1 is 1.33 bits per heavy atom. The van der Waals surface area contributed by atoms with E-state index in [1.165, 1.54) is 12.0 Å². The summed E-state index contributed by atoms with van der Waals surface area (Å²) < 4.78 is 16.8. The fourth-order valence-electron chi connectivity index (χ4n) is 2.24. The molecule has 1 heterocycles. The summed E-state index contributed by atoms with van der Waals surface area (Å²) in [5.74, 6) is 0.525. The van der Waals surface area contributed by atoms with E-state index in [2.05, 4.69) is 15.9 Å². The summed E-state index contributed by atoms with van der Waals surface area (Å²) in [5.41, 5.74) is 0.738. The topological polar surface area (TPSA) is 65.1 Å². The fourth-order valence-corrected chi connectivity index (χ4v) is 4.12. The fraction of sp³-hybridized carbons (Fsp3) is 0.389. The quantitative estimate of drug-likeness (QED) is 0.338. The van der Waals surface area contributed by atoms with Crippen molar-refractivity contribution in [2.24, 2.45) is 5.92 Å². The van der Waals surface area contributed by atoms with Crippen LogP contribution in [0.15, 0.2) is 21.5 Å². The molecule has 0 bridgehead atoms. The molecule has 1 amide bonds. The number of benzene rings is 1. The molecule has 1 saturated heterocycles. The number of thiocarbonyl (C=S) groups is 1. The van der Waals surface area contributed by atoms with Gasteiger partial charge in [0.2, 0.25) is 0 Å². The van der Waals surface area contributed by atoms with Crippen molar-refractivity contribution >= 4 is 62.2 Å². The molecule has 9 heteroatoms. The van der Waals surface area contributed by atoms with E-state index in [1.54, 1.807) is 19.3 Å². The molecule has 1 aromatic rings. The molecule has 1 aliphatic rings. The van der Waals surface area contributed by atoms with Gasteiger partial charge in [0.25, 0.3) is 5.91 Å². The molecule has 1 aliphatic heterocycles. The summed E-state index contributed by atoms with van der Waals surface area (Å²) >= 11 is 9.82. The number of nitrogens with zero attached hydrogens (tertiary/aromatic N) is 1. The van der Waals surface area contributed by atoms with Gasteiger partial charge in [0.1, 0.15) is 10.9 Å². The molecule has 2 rings (SSSR count). The summed E-state index contributed by atoms with van der Waals surface area (Å²) in [7, 11) is 3.09. The van der Waals surface area contributed by atoms with Crippen molar-refractivity contribution in [1.29, 1.82) is 0 Å². The normalized spacial score (nSPS) is 15.6. The second-order valence-corrected chi connectivity index (χ2v) is 8.61. The molecular formula is C18H20BrNO5S2. The van der Waals surface area contributed by atoms with Gasteiger partial charge in [-0.1, -0.05) is 37.8 Å². The lowest BCUT2D eigenvalue weighted by Gasteiger charge is -2.14. The van der Waals surface area contributed by atoms with E-state index < -0.39 is 5.97 Å². The Hall–Kier alpha value is -1.58. The average molecular weight is 474 g/mol. The number of carbonyl (C=O) groups is 2. The number of thioether (sulfide) groups is 1. The number of ether oxygens (including phenoxy) is 3. The molecule has 0 aliphatic carbocycles. The van der Waals surface area contributed by atoms with Crippen LogP contribution in [-0.2, 0) is 14.3 Å². The van der Waals surface area contributed by atoms with Crippen molar-refractivity contribution < 1.29 is 23.8 Å². The molecule has 0 atom stereocenters. The van der Waals surface area contributed by atoms with Crippen molar-refractivity contribution in [3.05, 3.63) is 27.1 Å². The predicted octanol–water partition coefficient (Wildman–Crippen LogP) is 3.87. The molecule has 0 spiro atoms. The van der Waals surface area contributed by atoms with Crippen molar-refractivity contribution in [2.45, 2.75) is 13.8 Å². The van der Waals surface area contributed by atoms with Crippen LogP contribution in [0.4, 0.5) is 0 Å². The minimum Gasteiger partial charge on any atom is -0.493 e. The van der Waals surface area contributed by atoms with E-state index in [1.807, 2.05) is 19.9 Å². The van der Waals surface area contributed by atoms with Crippen LogP contribution in [0.5, 0.6) is 11.5 Å². The average Bonchev–Trinajstić information content (AvgIpc) is 2.86. The Balaban J connectivity index is 2.18. The summed E-state index contributed by atoms with van der Waals surface area (Å²) in [5, 5.41) is 0. The summed E-state index contributed by atoms with van der Waals surface area (Å²) in [6.45, 7) is 4.00. The highest BCUT2D eigenvalue weighted by atomic mass is 79.9. The van der Waals surface area contributed by atoms with Gasteiger partial charge < -0.3 is 14.2 Å². The molecule has 0 aromatic heterocycles.